The van der Waals surface area contributed by atoms with Gasteiger partial charge in [0, 0.05) is 10.7 Å². The Balaban J connectivity index is 1.86. The molecule has 0 aliphatic heterocycles. The van der Waals surface area contributed by atoms with Crippen molar-refractivity contribution in [2.45, 2.75) is 11.8 Å². The number of rotatable bonds is 6. The first-order chi connectivity index (χ1) is 15.6. The summed E-state index contributed by atoms with van der Waals surface area (Å²) < 4.78 is 31.2. The number of halogens is 3. The third kappa shape index (κ3) is 6.45. The number of nitriles is 1. The molecule has 0 saturated carbocycles. The van der Waals surface area contributed by atoms with E-state index < -0.39 is 16.0 Å². The van der Waals surface area contributed by atoms with Crippen LogP contribution in [0.2, 0.25) is 5.02 Å². The van der Waals surface area contributed by atoms with Crippen molar-refractivity contribution < 1.29 is 17.4 Å². The number of carbonyl (C=O) groups is 1. The van der Waals surface area contributed by atoms with Crippen molar-refractivity contribution in [3.05, 3.63) is 91.3 Å². The fourth-order valence-corrected chi connectivity index (χ4v) is 5.44. The van der Waals surface area contributed by atoms with Crippen LogP contribution in [0.4, 0.5) is 5.69 Å². The van der Waals surface area contributed by atoms with Crippen LogP contribution < -0.4 is 9.50 Å². The number of nitrogens with one attached hydrogen (secondary N) is 1. The molecule has 0 aromatic heterocycles. The Bertz CT molecular complexity index is 1380. The topological polar surface area (TPSA) is 96.3 Å². The molecule has 0 saturated heterocycles. The lowest BCUT2D eigenvalue weighted by molar-refractivity contribution is -0.112. The van der Waals surface area contributed by atoms with Crippen molar-refractivity contribution >= 4 is 71.2 Å². The fourth-order valence-electron chi connectivity index (χ4n) is 2.69. The lowest BCUT2D eigenvalue weighted by atomic mass is 10.1. The standard InChI is InChI=1S/C23H15Br2ClN2O4S/c1-14-5-7-19(8-6-14)33(30,31)32-22-20(24)10-15(11-21(22)25)9-16(13-27)23(29)28-18-4-2-3-17(26)12-18/h2-12H,1H3,(H,28,29)/b16-9+. The summed E-state index contributed by atoms with van der Waals surface area (Å²) in [7, 11) is -4.07. The molecule has 168 valence electrons. The molecule has 0 aliphatic rings. The smallest absolute Gasteiger partial charge is 0.339 e. The van der Waals surface area contributed by atoms with E-state index in [1.165, 1.54) is 30.3 Å². The van der Waals surface area contributed by atoms with E-state index in [1.807, 2.05) is 13.0 Å². The monoisotopic (exact) mass is 608 g/mol. The van der Waals surface area contributed by atoms with E-state index >= 15 is 0 Å². The second kappa shape index (κ2) is 10.5. The molecule has 0 unspecified atom stereocenters. The molecule has 33 heavy (non-hydrogen) atoms. The SMILES string of the molecule is Cc1ccc(S(=O)(=O)Oc2c(Br)cc(/C=C(\C#N)C(=O)Nc3cccc(Cl)c3)cc2Br)cc1. The van der Waals surface area contributed by atoms with Crippen LogP contribution in [0, 0.1) is 18.3 Å². The Morgan fingerprint density at radius 2 is 1.73 bits per heavy atom. The molecule has 3 aromatic rings. The normalized spacial score (nSPS) is 11.5. The van der Waals surface area contributed by atoms with Crippen molar-refractivity contribution in [3.8, 4) is 11.8 Å². The number of carbonyl (C=O) groups excluding carboxylic acids is 1. The number of anilines is 1. The quantitative estimate of drug-likeness (QED) is 0.196. The molecule has 10 heteroatoms. The van der Waals surface area contributed by atoms with Gasteiger partial charge in [-0.3, -0.25) is 4.79 Å². The molecule has 3 aromatic carbocycles. The van der Waals surface area contributed by atoms with E-state index in [1.54, 1.807) is 36.4 Å². The summed E-state index contributed by atoms with van der Waals surface area (Å²) in [5, 5.41) is 12.5. The van der Waals surface area contributed by atoms with Crippen LogP contribution in [0.3, 0.4) is 0 Å². The van der Waals surface area contributed by atoms with Crippen LogP contribution in [0.25, 0.3) is 6.08 Å². The van der Waals surface area contributed by atoms with Gasteiger partial charge in [0.05, 0.1) is 8.95 Å². The van der Waals surface area contributed by atoms with E-state index in [2.05, 4.69) is 37.2 Å². The largest absolute Gasteiger partial charge is 0.377 e. The van der Waals surface area contributed by atoms with Crippen LogP contribution in [-0.4, -0.2) is 14.3 Å². The minimum atomic E-state index is -4.07. The number of aryl methyl sites for hydroxylation is 1. The summed E-state index contributed by atoms with van der Waals surface area (Å²) in [6.45, 7) is 1.85. The minimum Gasteiger partial charge on any atom is -0.377 e. The van der Waals surface area contributed by atoms with Crippen molar-refractivity contribution in [1.82, 2.24) is 0 Å². The summed E-state index contributed by atoms with van der Waals surface area (Å²) in [6, 6.07) is 17.7. The zero-order valence-electron chi connectivity index (χ0n) is 17.0. The predicted octanol–water partition coefficient (Wildman–Crippen LogP) is 6.49. The Hall–Kier alpha value is -2.64. The van der Waals surface area contributed by atoms with Crippen molar-refractivity contribution in [1.29, 1.82) is 5.26 Å². The highest BCUT2D eigenvalue weighted by Crippen LogP contribution is 2.37. The van der Waals surface area contributed by atoms with E-state index in [-0.39, 0.29) is 16.2 Å². The molecule has 1 N–H and O–H groups in total. The van der Waals surface area contributed by atoms with Gasteiger partial charge < -0.3 is 9.50 Å². The molecule has 3 rings (SSSR count). The molecule has 0 atom stereocenters. The molecule has 0 bridgehead atoms. The molecule has 0 heterocycles. The maximum Gasteiger partial charge on any atom is 0.339 e. The number of benzene rings is 3. The van der Waals surface area contributed by atoms with Gasteiger partial charge in [-0.2, -0.15) is 13.7 Å². The number of hydrogen-bond donors (Lipinski definition) is 1. The fraction of sp³-hybridized carbons (Fsp3) is 0.0435. The van der Waals surface area contributed by atoms with Crippen LogP contribution in [0.1, 0.15) is 11.1 Å². The van der Waals surface area contributed by atoms with Crippen LogP contribution in [0.5, 0.6) is 5.75 Å². The molecule has 0 fully saturated rings. The Kier molecular flexibility index (Phi) is 7.97. The summed E-state index contributed by atoms with van der Waals surface area (Å²) in [4.78, 5) is 12.5. The van der Waals surface area contributed by atoms with E-state index in [4.69, 9.17) is 15.8 Å². The van der Waals surface area contributed by atoms with Gasteiger partial charge in [0.25, 0.3) is 5.91 Å². The van der Waals surface area contributed by atoms with Crippen molar-refractivity contribution in [2.24, 2.45) is 0 Å². The highest BCUT2D eigenvalue weighted by atomic mass is 79.9. The van der Waals surface area contributed by atoms with E-state index in [9.17, 15) is 18.5 Å². The Morgan fingerprint density at radius 1 is 1.09 bits per heavy atom. The van der Waals surface area contributed by atoms with Gasteiger partial charge >= 0.3 is 10.1 Å². The average Bonchev–Trinajstić information content (AvgIpc) is 2.75. The van der Waals surface area contributed by atoms with Crippen molar-refractivity contribution in [2.75, 3.05) is 5.32 Å². The number of amides is 1. The lowest BCUT2D eigenvalue weighted by Crippen LogP contribution is -2.13. The van der Waals surface area contributed by atoms with Crippen LogP contribution in [-0.2, 0) is 14.9 Å². The highest BCUT2D eigenvalue weighted by Gasteiger charge is 2.21. The average molecular weight is 611 g/mol. The molecular weight excluding hydrogens is 596 g/mol. The van der Waals surface area contributed by atoms with Gasteiger partial charge in [0.2, 0.25) is 0 Å². The summed E-state index contributed by atoms with van der Waals surface area (Å²) in [5.41, 5.74) is 1.67. The Morgan fingerprint density at radius 3 is 2.30 bits per heavy atom. The van der Waals surface area contributed by atoms with E-state index in [0.717, 1.165) is 5.56 Å². The molecule has 0 aliphatic carbocycles. The molecular formula is C23H15Br2ClN2O4S. The second-order valence-electron chi connectivity index (χ2n) is 6.80. The zero-order chi connectivity index (χ0) is 24.2. The lowest BCUT2D eigenvalue weighted by Gasteiger charge is -2.12. The summed E-state index contributed by atoms with van der Waals surface area (Å²) >= 11 is 12.5. The molecule has 6 nitrogen and oxygen atoms in total. The predicted molar refractivity (Wildman–Crippen MR) is 135 cm³/mol. The van der Waals surface area contributed by atoms with Gasteiger partial charge in [-0.15, -0.1) is 0 Å². The van der Waals surface area contributed by atoms with Gasteiger partial charge in [-0.25, -0.2) is 0 Å². The maximum absolute atomic E-state index is 12.6. The zero-order valence-corrected chi connectivity index (χ0v) is 21.7. The first-order valence-electron chi connectivity index (χ1n) is 9.28. The van der Waals surface area contributed by atoms with Gasteiger partial charge in [-0.1, -0.05) is 35.4 Å². The maximum atomic E-state index is 12.6. The first kappa shape index (κ1) is 25.0. The van der Waals surface area contributed by atoms with E-state index in [0.29, 0.717) is 25.2 Å². The summed E-state index contributed by atoms with van der Waals surface area (Å²) in [5.74, 6) is -0.580. The summed E-state index contributed by atoms with van der Waals surface area (Å²) in [6.07, 6.45) is 1.37. The molecule has 0 radical (unpaired) electrons. The van der Waals surface area contributed by atoms with Gasteiger partial charge in [0.1, 0.15) is 16.5 Å². The minimum absolute atomic E-state index is 0.0142. The van der Waals surface area contributed by atoms with Gasteiger partial charge in [-0.05, 0) is 92.9 Å². The highest BCUT2D eigenvalue weighted by molar-refractivity contribution is 9.11. The van der Waals surface area contributed by atoms with Crippen LogP contribution in [0.15, 0.2) is 80.1 Å². The second-order valence-corrected chi connectivity index (χ2v) is 10.5. The Labute approximate surface area is 213 Å². The molecule has 0 spiro atoms. The van der Waals surface area contributed by atoms with Crippen LogP contribution >= 0.6 is 43.5 Å². The number of hydrogen-bond acceptors (Lipinski definition) is 5. The van der Waals surface area contributed by atoms with Gasteiger partial charge in [0.15, 0.2) is 5.75 Å². The first-order valence-corrected chi connectivity index (χ1v) is 12.6. The third-order valence-electron chi connectivity index (χ3n) is 4.28. The molecule has 1 amide bonds. The third-order valence-corrected chi connectivity index (χ3v) is 6.93. The van der Waals surface area contributed by atoms with Crippen molar-refractivity contribution in [3.63, 3.8) is 0 Å². The number of nitrogens with zero attached hydrogens (tertiary/aromatic N) is 1.